The van der Waals surface area contributed by atoms with Crippen molar-refractivity contribution in [3.05, 3.63) is 47.8 Å². The van der Waals surface area contributed by atoms with Crippen molar-refractivity contribution in [2.45, 2.75) is 31.1 Å². The molecule has 4 rings (SSSR count). The largest absolute Gasteiger partial charge is 0.341 e. The van der Waals surface area contributed by atoms with Gasteiger partial charge in [0.1, 0.15) is 0 Å². The van der Waals surface area contributed by atoms with Crippen molar-refractivity contribution in [3.63, 3.8) is 0 Å². The van der Waals surface area contributed by atoms with Gasteiger partial charge in [-0.2, -0.15) is 11.8 Å². The minimum Gasteiger partial charge on any atom is -0.341 e. The van der Waals surface area contributed by atoms with Crippen molar-refractivity contribution in [2.24, 2.45) is 0 Å². The molecule has 1 amide bonds. The summed E-state index contributed by atoms with van der Waals surface area (Å²) in [7, 11) is 0. The van der Waals surface area contributed by atoms with Crippen LogP contribution in [0.4, 0.5) is 0 Å². The van der Waals surface area contributed by atoms with Crippen LogP contribution < -0.4 is 0 Å². The van der Waals surface area contributed by atoms with E-state index in [0.717, 1.165) is 50.2 Å². The number of likely N-dealkylation sites (tertiary alicyclic amines) is 1. The SMILES string of the molecule is CSCC(=O)N1CCCC2(CCc3cnc(-c4ccccc4)nc32)C1. The van der Waals surface area contributed by atoms with E-state index in [2.05, 4.69) is 22.0 Å². The maximum Gasteiger partial charge on any atom is 0.232 e. The van der Waals surface area contributed by atoms with Crippen LogP contribution in [0.3, 0.4) is 0 Å². The summed E-state index contributed by atoms with van der Waals surface area (Å²) in [6, 6.07) is 10.2. The fraction of sp³-hybridized carbons (Fsp3) is 0.450. The van der Waals surface area contributed by atoms with Gasteiger partial charge >= 0.3 is 0 Å². The van der Waals surface area contributed by atoms with Gasteiger partial charge in [-0.1, -0.05) is 30.3 Å². The van der Waals surface area contributed by atoms with Gasteiger partial charge in [0.05, 0.1) is 11.4 Å². The summed E-state index contributed by atoms with van der Waals surface area (Å²) in [6.45, 7) is 1.69. The summed E-state index contributed by atoms with van der Waals surface area (Å²) >= 11 is 1.60. The average Bonchev–Trinajstić information content (AvgIpc) is 3.00. The normalized spacial score (nSPS) is 22.2. The molecule has 2 aliphatic rings. The zero-order valence-corrected chi connectivity index (χ0v) is 15.4. The first-order chi connectivity index (χ1) is 12.2. The number of amides is 1. The summed E-state index contributed by atoms with van der Waals surface area (Å²) in [5, 5.41) is 0. The second-order valence-corrected chi connectivity index (χ2v) is 7.93. The third-order valence-electron chi connectivity index (χ3n) is 5.47. The maximum absolute atomic E-state index is 12.4. The van der Waals surface area contributed by atoms with E-state index in [1.54, 1.807) is 11.8 Å². The number of fused-ring (bicyclic) bond motifs is 2. The van der Waals surface area contributed by atoms with Crippen LogP contribution >= 0.6 is 11.8 Å². The molecule has 2 heterocycles. The molecule has 2 aromatic rings. The number of carbonyl (C=O) groups excluding carboxylic acids is 1. The zero-order chi connectivity index (χ0) is 17.3. The van der Waals surface area contributed by atoms with Gasteiger partial charge in [0, 0.05) is 30.3 Å². The molecule has 1 aliphatic carbocycles. The minimum atomic E-state index is 0.0219. The van der Waals surface area contributed by atoms with Gasteiger partial charge in [-0.05, 0) is 37.5 Å². The molecule has 1 spiro atoms. The maximum atomic E-state index is 12.4. The number of aryl methyl sites for hydroxylation is 1. The van der Waals surface area contributed by atoms with E-state index in [1.165, 1.54) is 11.3 Å². The van der Waals surface area contributed by atoms with E-state index in [0.29, 0.717) is 5.75 Å². The van der Waals surface area contributed by atoms with E-state index in [9.17, 15) is 4.79 Å². The smallest absolute Gasteiger partial charge is 0.232 e. The van der Waals surface area contributed by atoms with Crippen molar-refractivity contribution >= 4 is 17.7 Å². The summed E-state index contributed by atoms with van der Waals surface area (Å²) in [5.41, 5.74) is 3.52. The second-order valence-electron chi connectivity index (χ2n) is 7.07. The summed E-state index contributed by atoms with van der Waals surface area (Å²) < 4.78 is 0. The van der Waals surface area contributed by atoms with Crippen molar-refractivity contribution in [3.8, 4) is 11.4 Å². The Morgan fingerprint density at radius 3 is 2.92 bits per heavy atom. The Kier molecular flexibility index (Phi) is 4.50. The number of rotatable bonds is 3. The van der Waals surface area contributed by atoms with Gasteiger partial charge in [0.15, 0.2) is 5.82 Å². The van der Waals surface area contributed by atoms with Gasteiger partial charge in [-0.15, -0.1) is 0 Å². The number of thioether (sulfide) groups is 1. The molecule has 0 saturated carbocycles. The van der Waals surface area contributed by atoms with Crippen molar-refractivity contribution in [1.29, 1.82) is 0 Å². The predicted molar refractivity (Wildman–Crippen MR) is 102 cm³/mol. The first-order valence-corrected chi connectivity index (χ1v) is 10.3. The second kappa shape index (κ2) is 6.79. The van der Waals surface area contributed by atoms with E-state index < -0.39 is 0 Å². The first-order valence-electron chi connectivity index (χ1n) is 8.90. The van der Waals surface area contributed by atoms with E-state index >= 15 is 0 Å². The number of hydrogen-bond donors (Lipinski definition) is 0. The molecule has 1 aromatic heterocycles. The Labute approximate surface area is 153 Å². The molecule has 1 atom stereocenters. The van der Waals surface area contributed by atoms with Gasteiger partial charge in [0.2, 0.25) is 5.91 Å². The van der Waals surface area contributed by atoms with E-state index in [4.69, 9.17) is 4.98 Å². The van der Waals surface area contributed by atoms with Crippen molar-refractivity contribution in [1.82, 2.24) is 14.9 Å². The monoisotopic (exact) mass is 353 g/mol. The highest BCUT2D eigenvalue weighted by atomic mass is 32.2. The first kappa shape index (κ1) is 16.6. The summed E-state index contributed by atoms with van der Waals surface area (Å²) in [5.74, 6) is 1.63. The highest BCUT2D eigenvalue weighted by Gasteiger charge is 2.44. The average molecular weight is 353 g/mol. The molecule has 1 aromatic carbocycles. The highest BCUT2D eigenvalue weighted by molar-refractivity contribution is 7.99. The molecule has 1 aliphatic heterocycles. The summed E-state index contributed by atoms with van der Waals surface area (Å²) in [6.07, 6.45) is 8.27. The van der Waals surface area contributed by atoms with Gasteiger partial charge in [-0.25, -0.2) is 9.97 Å². The molecule has 1 fully saturated rings. The van der Waals surface area contributed by atoms with Crippen molar-refractivity contribution < 1.29 is 4.79 Å². The third-order valence-corrected chi connectivity index (χ3v) is 6.00. The molecule has 130 valence electrons. The van der Waals surface area contributed by atoms with E-state index in [1.807, 2.05) is 30.7 Å². The molecule has 0 bridgehead atoms. The van der Waals surface area contributed by atoms with Gasteiger partial charge < -0.3 is 4.90 Å². The Morgan fingerprint density at radius 2 is 2.12 bits per heavy atom. The lowest BCUT2D eigenvalue weighted by atomic mass is 9.77. The van der Waals surface area contributed by atoms with E-state index in [-0.39, 0.29) is 11.3 Å². The molecular formula is C20H23N3OS. The van der Waals surface area contributed by atoms with Crippen LogP contribution in [0.5, 0.6) is 0 Å². The predicted octanol–water partition coefficient (Wildman–Crippen LogP) is 3.31. The van der Waals surface area contributed by atoms with Crippen LogP contribution in [0.2, 0.25) is 0 Å². The van der Waals surface area contributed by atoms with Gasteiger partial charge in [-0.3, -0.25) is 4.79 Å². The number of piperidine rings is 1. The topological polar surface area (TPSA) is 46.1 Å². The lowest BCUT2D eigenvalue weighted by Gasteiger charge is -2.40. The molecule has 0 radical (unpaired) electrons. The van der Waals surface area contributed by atoms with Crippen LogP contribution in [-0.2, 0) is 16.6 Å². The number of nitrogens with zero attached hydrogens (tertiary/aromatic N) is 3. The molecular weight excluding hydrogens is 330 g/mol. The fourth-order valence-corrected chi connectivity index (χ4v) is 4.65. The molecule has 4 nitrogen and oxygen atoms in total. The van der Waals surface area contributed by atoms with Crippen LogP contribution in [-0.4, -0.2) is 45.9 Å². The number of carbonyl (C=O) groups is 1. The quantitative estimate of drug-likeness (QED) is 0.849. The molecule has 25 heavy (non-hydrogen) atoms. The lowest BCUT2D eigenvalue weighted by molar-refractivity contribution is -0.130. The summed E-state index contributed by atoms with van der Waals surface area (Å²) in [4.78, 5) is 24.0. The van der Waals surface area contributed by atoms with Crippen LogP contribution in [0, 0.1) is 0 Å². The Balaban J connectivity index is 1.67. The standard InChI is InChI=1S/C20H23N3OS/c1-25-13-17(24)23-11-5-9-20(14-23)10-8-16-12-21-19(22-18(16)20)15-6-3-2-4-7-15/h2-4,6-7,12H,5,8-11,13-14H2,1H3. The number of benzene rings is 1. The molecule has 1 saturated heterocycles. The fourth-order valence-electron chi connectivity index (χ4n) is 4.22. The van der Waals surface area contributed by atoms with Crippen LogP contribution in [0.15, 0.2) is 36.5 Å². The Morgan fingerprint density at radius 1 is 1.28 bits per heavy atom. The Hall–Kier alpha value is -1.88. The molecule has 1 unspecified atom stereocenters. The van der Waals surface area contributed by atoms with Crippen molar-refractivity contribution in [2.75, 3.05) is 25.1 Å². The molecule has 5 heteroatoms. The highest BCUT2D eigenvalue weighted by Crippen LogP contribution is 2.44. The van der Waals surface area contributed by atoms with Gasteiger partial charge in [0.25, 0.3) is 0 Å². The number of hydrogen-bond acceptors (Lipinski definition) is 4. The van der Waals surface area contributed by atoms with Crippen LogP contribution in [0.25, 0.3) is 11.4 Å². The Bertz CT molecular complexity index is 776. The molecule has 0 N–H and O–H groups in total. The minimum absolute atomic E-state index is 0.0219. The lowest BCUT2D eigenvalue weighted by Crippen LogP contribution is -2.48. The zero-order valence-electron chi connectivity index (χ0n) is 14.6. The van der Waals surface area contributed by atoms with Crippen LogP contribution in [0.1, 0.15) is 30.5 Å². The third kappa shape index (κ3) is 3.06. The number of aromatic nitrogens is 2.